The number of anilines is 2. The van der Waals surface area contributed by atoms with E-state index in [0.29, 0.717) is 27.9 Å². The first kappa shape index (κ1) is 19.0. The van der Waals surface area contributed by atoms with E-state index in [0.717, 1.165) is 5.56 Å². The number of methoxy groups -OCH3 is 2. The number of carbonyl (C=O) groups excluding carboxylic acids is 2. The van der Waals surface area contributed by atoms with Crippen molar-refractivity contribution in [1.29, 1.82) is 0 Å². The third-order valence-electron chi connectivity index (χ3n) is 4.61. The Morgan fingerprint density at radius 1 is 1.19 bits per heavy atom. The van der Waals surface area contributed by atoms with Gasteiger partial charge in [0.2, 0.25) is 11.8 Å². The van der Waals surface area contributed by atoms with Gasteiger partial charge in [-0.05, 0) is 30.7 Å². The predicted octanol–water partition coefficient (Wildman–Crippen LogP) is 3.66. The van der Waals surface area contributed by atoms with Crippen molar-refractivity contribution in [1.82, 2.24) is 0 Å². The van der Waals surface area contributed by atoms with Gasteiger partial charge in [0.1, 0.15) is 11.5 Å². The molecule has 27 heavy (non-hydrogen) atoms. The summed E-state index contributed by atoms with van der Waals surface area (Å²) in [6.07, 6.45) is 0.131. The van der Waals surface area contributed by atoms with Crippen LogP contribution >= 0.6 is 11.6 Å². The second-order valence-electron chi connectivity index (χ2n) is 6.37. The Labute approximate surface area is 163 Å². The van der Waals surface area contributed by atoms with Crippen LogP contribution in [0, 0.1) is 12.8 Å². The average molecular weight is 389 g/mol. The molecule has 0 spiro atoms. The van der Waals surface area contributed by atoms with E-state index in [9.17, 15) is 9.59 Å². The number of aryl methyl sites for hydroxylation is 1. The summed E-state index contributed by atoms with van der Waals surface area (Å²) in [4.78, 5) is 26.8. The summed E-state index contributed by atoms with van der Waals surface area (Å²) in [6, 6.07) is 10.7. The number of nitrogens with zero attached hydrogens (tertiary/aromatic N) is 1. The molecule has 0 bridgehead atoms. The molecule has 1 saturated heterocycles. The molecule has 2 amide bonds. The van der Waals surface area contributed by atoms with Crippen molar-refractivity contribution in [2.75, 3.05) is 31.0 Å². The largest absolute Gasteiger partial charge is 0.495 e. The zero-order valence-corrected chi connectivity index (χ0v) is 16.2. The number of benzene rings is 2. The maximum Gasteiger partial charge on any atom is 0.229 e. The molecule has 2 aromatic carbocycles. The minimum atomic E-state index is -0.469. The first-order valence-corrected chi connectivity index (χ1v) is 8.90. The number of hydrogen-bond donors (Lipinski definition) is 1. The van der Waals surface area contributed by atoms with Gasteiger partial charge in [-0.15, -0.1) is 0 Å². The zero-order chi connectivity index (χ0) is 19.6. The van der Waals surface area contributed by atoms with Crippen molar-refractivity contribution in [2.45, 2.75) is 13.3 Å². The lowest BCUT2D eigenvalue weighted by molar-refractivity contribution is -0.122. The Bertz CT molecular complexity index is 884. The Morgan fingerprint density at radius 3 is 2.59 bits per heavy atom. The predicted molar refractivity (Wildman–Crippen MR) is 105 cm³/mol. The fourth-order valence-corrected chi connectivity index (χ4v) is 3.27. The first-order chi connectivity index (χ1) is 12.9. The molecule has 3 rings (SSSR count). The molecule has 1 fully saturated rings. The summed E-state index contributed by atoms with van der Waals surface area (Å²) in [7, 11) is 3.07. The van der Waals surface area contributed by atoms with E-state index in [2.05, 4.69) is 5.32 Å². The molecule has 0 saturated carbocycles. The van der Waals surface area contributed by atoms with Crippen LogP contribution in [0.25, 0.3) is 0 Å². The van der Waals surface area contributed by atoms with Gasteiger partial charge in [-0.1, -0.05) is 23.7 Å². The van der Waals surface area contributed by atoms with Gasteiger partial charge in [0.15, 0.2) is 0 Å². The number of hydrogen-bond acceptors (Lipinski definition) is 4. The van der Waals surface area contributed by atoms with E-state index < -0.39 is 5.92 Å². The van der Waals surface area contributed by atoms with E-state index >= 15 is 0 Å². The minimum Gasteiger partial charge on any atom is -0.495 e. The number of rotatable bonds is 5. The molecule has 1 heterocycles. The summed E-state index contributed by atoms with van der Waals surface area (Å²) < 4.78 is 10.6. The molecule has 2 aromatic rings. The average Bonchev–Trinajstić information content (AvgIpc) is 3.05. The van der Waals surface area contributed by atoms with Crippen LogP contribution in [0.3, 0.4) is 0 Å². The quantitative estimate of drug-likeness (QED) is 0.848. The number of para-hydroxylation sites is 2. The first-order valence-electron chi connectivity index (χ1n) is 8.53. The summed E-state index contributed by atoms with van der Waals surface area (Å²) in [6.45, 7) is 2.13. The summed E-state index contributed by atoms with van der Waals surface area (Å²) >= 11 is 6.15. The van der Waals surface area contributed by atoms with Crippen LogP contribution in [0.5, 0.6) is 11.5 Å². The Hall–Kier alpha value is -2.73. The van der Waals surface area contributed by atoms with Crippen LogP contribution in [-0.2, 0) is 9.59 Å². The van der Waals surface area contributed by atoms with Crippen LogP contribution in [0.2, 0.25) is 5.02 Å². The molecule has 1 unspecified atom stereocenters. The third-order valence-corrected chi connectivity index (χ3v) is 5.02. The van der Waals surface area contributed by atoms with E-state index in [1.165, 1.54) is 7.11 Å². The number of carbonyl (C=O) groups is 2. The van der Waals surface area contributed by atoms with E-state index in [1.54, 1.807) is 36.3 Å². The molecule has 0 aliphatic carbocycles. The van der Waals surface area contributed by atoms with Crippen molar-refractivity contribution in [3.8, 4) is 11.5 Å². The van der Waals surface area contributed by atoms with Crippen LogP contribution in [-0.4, -0.2) is 32.6 Å². The molecule has 1 N–H and O–H groups in total. The van der Waals surface area contributed by atoms with Crippen molar-refractivity contribution >= 4 is 34.8 Å². The number of nitrogens with one attached hydrogen (secondary N) is 1. The minimum absolute atomic E-state index is 0.129. The summed E-state index contributed by atoms with van der Waals surface area (Å²) in [5.74, 6) is 0.255. The van der Waals surface area contributed by atoms with E-state index in [4.69, 9.17) is 21.1 Å². The molecule has 1 aliphatic rings. The smallest absolute Gasteiger partial charge is 0.229 e. The van der Waals surface area contributed by atoms with Gasteiger partial charge in [-0.25, -0.2) is 0 Å². The highest BCUT2D eigenvalue weighted by molar-refractivity contribution is 6.31. The lowest BCUT2D eigenvalue weighted by Gasteiger charge is -2.21. The van der Waals surface area contributed by atoms with Crippen molar-refractivity contribution in [2.24, 2.45) is 5.92 Å². The van der Waals surface area contributed by atoms with Gasteiger partial charge in [0, 0.05) is 24.1 Å². The second kappa shape index (κ2) is 7.88. The Morgan fingerprint density at radius 2 is 1.89 bits per heavy atom. The topological polar surface area (TPSA) is 67.9 Å². The van der Waals surface area contributed by atoms with E-state index in [1.807, 2.05) is 19.1 Å². The monoisotopic (exact) mass is 388 g/mol. The van der Waals surface area contributed by atoms with Gasteiger partial charge in [-0.2, -0.15) is 0 Å². The Kier molecular flexibility index (Phi) is 5.56. The Balaban J connectivity index is 1.79. The van der Waals surface area contributed by atoms with Gasteiger partial charge >= 0.3 is 0 Å². The molecular weight excluding hydrogens is 368 g/mol. The third kappa shape index (κ3) is 3.85. The zero-order valence-electron chi connectivity index (χ0n) is 15.4. The lowest BCUT2D eigenvalue weighted by atomic mass is 10.1. The molecule has 0 aromatic heterocycles. The molecule has 7 heteroatoms. The fraction of sp³-hybridized carbons (Fsp3) is 0.300. The maximum absolute atomic E-state index is 12.7. The van der Waals surface area contributed by atoms with E-state index in [-0.39, 0.29) is 24.8 Å². The van der Waals surface area contributed by atoms with Crippen LogP contribution < -0.4 is 19.7 Å². The normalized spacial score (nSPS) is 16.4. The van der Waals surface area contributed by atoms with Crippen LogP contribution in [0.4, 0.5) is 11.4 Å². The number of halogens is 1. The highest BCUT2D eigenvalue weighted by Gasteiger charge is 2.36. The molecule has 6 nitrogen and oxygen atoms in total. The van der Waals surface area contributed by atoms with Gasteiger partial charge in [0.25, 0.3) is 0 Å². The maximum atomic E-state index is 12.7. The highest BCUT2D eigenvalue weighted by Crippen LogP contribution is 2.37. The standard InChI is InChI=1S/C20H21ClN2O4/c1-12-8-16(18(27-3)10-14(12)21)23-11-13(9-19(23)24)20(25)22-15-6-4-5-7-17(15)26-2/h4-8,10,13H,9,11H2,1-3H3,(H,22,25). The molecule has 1 atom stereocenters. The SMILES string of the molecule is COc1ccccc1NC(=O)C1CC(=O)N(c2cc(C)c(Cl)cc2OC)C1. The van der Waals surface area contributed by atoms with Crippen LogP contribution in [0.1, 0.15) is 12.0 Å². The summed E-state index contributed by atoms with van der Waals surface area (Å²) in [5.41, 5.74) is 2.04. The van der Waals surface area contributed by atoms with Crippen molar-refractivity contribution in [3.63, 3.8) is 0 Å². The van der Waals surface area contributed by atoms with Gasteiger partial charge in [0.05, 0.1) is 31.5 Å². The molecule has 0 radical (unpaired) electrons. The van der Waals surface area contributed by atoms with Gasteiger partial charge < -0.3 is 19.7 Å². The fourth-order valence-electron chi connectivity index (χ4n) is 3.12. The van der Waals surface area contributed by atoms with Crippen molar-refractivity contribution < 1.29 is 19.1 Å². The number of amides is 2. The second-order valence-corrected chi connectivity index (χ2v) is 6.78. The van der Waals surface area contributed by atoms with Gasteiger partial charge in [-0.3, -0.25) is 9.59 Å². The lowest BCUT2D eigenvalue weighted by Crippen LogP contribution is -2.28. The number of ether oxygens (including phenoxy) is 2. The molecule has 1 aliphatic heterocycles. The van der Waals surface area contributed by atoms with Crippen molar-refractivity contribution in [3.05, 3.63) is 47.0 Å². The molecular formula is C20H21ClN2O4. The summed E-state index contributed by atoms with van der Waals surface area (Å²) in [5, 5.41) is 3.41. The highest BCUT2D eigenvalue weighted by atomic mass is 35.5. The van der Waals surface area contributed by atoms with Crippen LogP contribution in [0.15, 0.2) is 36.4 Å². The molecule has 142 valence electrons.